The lowest BCUT2D eigenvalue weighted by Crippen LogP contribution is -2.59. The number of amides is 1. The van der Waals surface area contributed by atoms with E-state index in [9.17, 15) is 27.9 Å². The zero-order valence-corrected chi connectivity index (χ0v) is 13.7. The first-order valence-electron chi connectivity index (χ1n) is 6.87. The fourth-order valence-electron chi connectivity index (χ4n) is 1.46. The highest BCUT2D eigenvalue weighted by atomic mass is 19.4. The van der Waals surface area contributed by atoms with Crippen LogP contribution < -0.4 is 5.32 Å². The minimum atomic E-state index is -5.13. The van der Waals surface area contributed by atoms with Gasteiger partial charge in [-0.05, 0) is 40.7 Å². The second-order valence-corrected chi connectivity index (χ2v) is 5.78. The third-order valence-electron chi connectivity index (χ3n) is 2.61. The first-order chi connectivity index (χ1) is 10.2. The molecule has 0 saturated carbocycles. The van der Waals surface area contributed by atoms with Crippen LogP contribution >= 0.6 is 0 Å². The highest BCUT2D eigenvalue weighted by molar-refractivity contribution is 5.82. The van der Waals surface area contributed by atoms with Crippen molar-refractivity contribution in [3.63, 3.8) is 0 Å². The van der Waals surface area contributed by atoms with Crippen molar-refractivity contribution in [1.82, 2.24) is 5.32 Å². The standard InChI is InChI=1S/C14H22F3NO5/c1-6-22-10(19)7-8-13(21,14(15,16)17)9(2)18-11(20)23-12(3,4)5/h7-9,21H,6H2,1-5H3,(H,18,20)/b8-7+/t9-,13-/m0/s1. The van der Waals surface area contributed by atoms with Crippen LogP contribution in [0.4, 0.5) is 18.0 Å². The summed E-state index contributed by atoms with van der Waals surface area (Å²) in [6, 6.07) is -1.80. The van der Waals surface area contributed by atoms with Crippen molar-refractivity contribution in [1.29, 1.82) is 0 Å². The molecule has 2 N–H and O–H groups in total. The van der Waals surface area contributed by atoms with Gasteiger partial charge >= 0.3 is 18.2 Å². The zero-order chi connectivity index (χ0) is 18.5. The highest BCUT2D eigenvalue weighted by Crippen LogP contribution is 2.34. The van der Waals surface area contributed by atoms with Crippen LogP contribution in [0.5, 0.6) is 0 Å². The molecule has 0 bridgehead atoms. The van der Waals surface area contributed by atoms with Crippen LogP contribution in [0, 0.1) is 0 Å². The normalized spacial score (nSPS) is 16.6. The lowest BCUT2D eigenvalue weighted by atomic mass is 9.94. The van der Waals surface area contributed by atoms with Crippen LogP contribution in [-0.2, 0) is 14.3 Å². The number of halogens is 3. The minimum Gasteiger partial charge on any atom is -0.463 e. The van der Waals surface area contributed by atoms with E-state index in [1.807, 2.05) is 5.32 Å². The summed E-state index contributed by atoms with van der Waals surface area (Å²) in [4.78, 5) is 22.7. The first-order valence-corrected chi connectivity index (χ1v) is 6.87. The van der Waals surface area contributed by atoms with Crippen LogP contribution in [0.15, 0.2) is 12.2 Å². The van der Waals surface area contributed by atoms with Gasteiger partial charge in [0, 0.05) is 6.08 Å². The van der Waals surface area contributed by atoms with Crippen molar-refractivity contribution in [2.24, 2.45) is 0 Å². The number of alkyl carbamates (subject to hydrolysis) is 1. The number of carbonyl (C=O) groups excluding carboxylic acids is 2. The molecule has 0 unspecified atom stereocenters. The number of rotatable bonds is 5. The van der Waals surface area contributed by atoms with Crippen molar-refractivity contribution in [3.05, 3.63) is 12.2 Å². The van der Waals surface area contributed by atoms with Crippen molar-refractivity contribution in [2.45, 2.75) is 58.0 Å². The topological polar surface area (TPSA) is 84.9 Å². The fourth-order valence-corrected chi connectivity index (χ4v) is 1.46. The van der Waals surface area contributed by atoms with E-state index in [1.54, 1.807) is 0 Å². The number of aliphatic hydroxyl groups is 1. The molecule has 0 aliphatic carbocycles. The van der Waals surface area contributed by atoms with E-state index in [2.05, 4.69) is 4.74 Å². The predicted molar refractivity (Wildman–Crippen MR) is 75.6 cm³/mol. The Morgan fingerprint density at radius 3 is 2.17 bits per heavy atom. The molecule has 0 rings (SSSR count). The Labute approximate surface area is 132 Å². The molecule has 0 aromatic rings. The zero-order valence-electron chi connectivity index (χ0n) is 13.7. The van der Waals surface area contributed by atoms with E-state index in [0.29, 0.717) is 6.08 Å². The second kappa shape index (κ2) is 7.67. The molecule has 23 heavy (non-hydrogen) atoms. The van der Waals surface area contributed by atoms with Crippen molar-refractivity contribution in [3.8, 4) is 0 Å². The largest absolute Gasteiger partial charge is 0.463 e. The molecule has 134 valence electrons. The number of nitrogens with one attached hydrogen (secondary N) is 1. The van der Waals surface area contributed by atoms with Crippen LogP contribution in [0.25, 0.3) is 0 Å². The van der Waals surface area contributed by atoms with Crippen molar-refractivity contribution >= 4 is 12.1 Å². The maximum absolute atomic E-state index is 13.1. The van der Waals surface area contributed by atoms with Crippen molar-refractivity contribution < 1.29 is 37.3 Å². The van der Waals surface area contributed by atoms with Crippen LogP contribution in [0.3, 0.4) is 0 Å². The van der Waals surface area contributed by atoms with Gasteiger partial charge in [-0.25, -0.2) is 9.59 Å². The smallest absolute Gasteiger partial charge is 0.422 e. The lowest BCUT2D eigenvalue weighted by molar-refractivity contribution is -0.247. The molecule has 0 aromatic heterocycles. The van der Waals surface area contributed by atoms with E-state index in [0.717, 1.165) is 6.92 Å². The molecule has 2 atom stereocenters. The molecule has 1 amide bonds. The molecule has 0 fully saturated rings. The molecule has 0 aromatic carbocycles. The van der Waals surface area contributed by atoms with Gasteiger partial charge in [0.2, 0.25) is 0 Å². The lowest BCUT2D eigenvalue weighted by Gasteiger charge is -2.34. The van der Waals surface area contributed by atoms with E-state index in [1.165, 1.54) is 27.7 Å². The number of esters is 1. The van der Waals surface area contributed by atoms with Gasteiger partial charge in [0.15, 0.2) is 5.60 Å². The maximum atomic E-state index is 13.1. The fraction of sp³-hybridized carbons (Fsp3) is 0.714. The van der Waals surface area contributed by atoms with E-state index in [-0.39, 0.29) is 12.7 Å². The average molecular weight is 341 g/mol. The third kappa shape index (κ3) is 6.89. The van der Waals surface area contributed by atoms with E-state index in [4.69, 9.17) is 4.74 Å². The summed E-state index contributed by atoms with van der Waals surface area (Å²) in [5.41, 5.74) is -4.38. The molecule has 0 aliphatic heterocycles. The van der Waals surface area contributed by atoms with Crippen LogP contribution in [0.1, 0.15) is 34.6 Å². The average Bonchev–Trinajstić information content (AvgIpc) is 2.32. The Bertz CT molecular complexity index is 456. The van der Waals surface area contributed by atoms with Gasteiger partial charge in [-0.15, -0.1) is 0 Å². The number of alkyl halides is 3. The summed E-state index contributed by atoms with van der Waals surface area (Å²) in [6.45, 7) is 7.00. The monoisotopic (exact) mass is 341 g/mol. The third-order valence-corrected chi connectivity index (χ3v) is 2.61. The summed E-state index contributed by atoms with van der Waals surface area (Å²) >= 11 is 0. The minimum absolute atomic E-state index is 0.0284. The Hall–Kier alpha value is -1.77. The van der Waals surface area contributed by atoms with Gasteiger partial charge in [-0.1, -0.05) is 0 Å². The van der Waals surface area contributed by atoms with Gasteiger partial charge in [0.05, 0.1) is 12.6 Å². The van der Waals surface area contributed by atoms with Crippen molar-refractivity contribution in [2.75, 3.05) is 6.61 Å². The number of hydrogen-bond donors (Lipinski definition) is 2. The van der Waals surface area contributed by atoms with Gasteiger partial charge in [0.25, 0.3) is 0 Å². The molecular weight excluding hydrogens is 319 g/mol. The summed E-state index contributed by atoms with van der Waals surface area (Å²) in [5, 5.41) is 11.8. The Balaban J connectivity index is 5.24. The molecule has 0 heterocycles. The quantitative estimate of drug-likeness (QED) is 0.592. The Kier molecular flexibility index (Phi) is 7.08. The summed E-state index contributed by atoms with van der Waals surface area (Å²) in [7, 11) is 0. The predicted octanol–water partition coefficient (Wildman–Crippen LogP) is 2.31. The van der Waals surface area contributed by atoms with E-state index < -0.39 is 35.5 Å². The summed E-state index contributed by atoms with van der Waals surface area (Å²) < 4.78 is 48.7. The molecular formula is C14H22F3NO5. The molecule has 0 spiro atoms. The van der Waals surface area contributed by atoms with Crippen LogP contribution in [0.2, 0.25) is 0 Å². The number of ether oxygens (including phenoxy) is 2. The van der Waals surface area contributed by atoms with Gasteiger partial charge in [0.1, 0.15) is 5.60 Å². The Morgan fingerprint density at radius 2 is 1.78 bits per heavy atom. The second-order valence-electron chi connectivity index (χ2n) is 5.78. The summed E-state index contributed by atoms with van der Waals surface area (Å²) in [6.07, 6.45) is -5.56. The molecule has 0 radical (unpaired) electrons. The maximum Gasteiger partial charge on any atom is 0.422 e. The SMILES string of the molecule is CCOC(=O)/C=C/[C@](O)([C@H](C)NC(=O)OC(C)(C)C)C(F)(F)F. The first kappa shape index (κ1) is 21.2. The number of carbonyl (C=O) groups is 2. The molecule has 0 saturated heterocycles. The van der Waals surface area contributed by atoms with Gasteiger partial charge in [-0.2, -0.15) is 13.2 Å². The van der Waals surface area contributed by atoms with Gasteiger partial charge < -0.3 is 19.9 Å². The summed E-state index contributed by atoms with van der Waals surface area (Å²) in [5.74, 6) is -1.04. The van der Waals surface area contributed by atoms with Gasteiger partial charge in [-0.3, -0.25) is 0 Å². The molecule has 6 nitrogen and oxygen atoms in total. The van der Waals surface area contributed by atoms with E-state index >= 15 is 0 Å². The highest BCUT2D eigenvalue weighted by Gasteiger charge is 2.56. The molecule has 9 heteroatoms. The Morgan fingerprint density at radius 1 is 1.26 bits per heavy atom. The molecule has 0 aliphatic rings. The van der Waals surface area contributed by atoms with Crippen LogP contribution in [-0.4, -0.2) is 47.2 Å². The number of hydrogen-bond acceptors (Lipinski definition) is 5.